The van der Waals surface area contributed by atoms with Crippen molar-refractivity contribution in [1.82, 2.24) is 5.32 Å². The summed E-state index contributed by atoms with van der Waals surface area (Å²) in [6.45, 7) is 3.13. The molecule has 1 atom stereocenters. The molecule has 1 aromatic carbocycles. The Labute approximate surface area is 129 Å². The highest BCUT2D eigenvalue weighted by Crippen LogP contribution is 2.24. The molecular formula is C16H20ClNO3. The van der Waals surface area contributed by atoms with Crippen LogP contribution in [0.25, 0.3) is 0 Å². The number of carbonyl (C=O) groups excluding carboxylic acids is 2. The van der Waals surface area contributed by atoms with Crippen LogP contribution in [-0.4, -0.2) is 23.8 Å². The van der Waals surface area contributed by atoms with Crippen LogP contribution in [0.2, 0.25) is 5.02 Å². The van der Waals surface area contributed by atoms with E-state index in [0.717, 1.165) is 25.7 Å². The van der Waals surface area contributed by atoms with Gasteiger partial charge in [0.25, 0.3) is 5.91 Å². The Balaban J connectivity index is 2.03. The molecule has 0 bridgehead atoms. The fourth-order valence-electron chi connectivity index (χ4n) is 2.51. The number of hydrogen-bond acceptors (Lipinski definition) is 3. The van der Waals surface area contributed by atoms with E-state index in [0.29, 0.717) is 16.3 Å². The summed E-state index contributed by atoms with van der Waals surface area (Å²) < 4.78 is 5.64. The third-order valence-electron chi connectivity index (χ3n) is 3.70. The summed E-state index contributed by atoms with van der Waals surface area (Å²) in [4.78, 5) is 23.7. The Morgan fingerprint density at radius 1 is 1.33 bits per heavy atom. The highest BCUT2D eigenvalue weighted by molar-refractivity contribution is 6.31. The van der Waals surface area contributed by atoms with E-state index in [9.17, 15) is 9.59 Å². The van der Waals surface area contributed by atoms with Gasteiger partial charge in [0.1, 0.15) is 5.75 Å². The summed E-state index contributed by atoms with van der Waals surface area (Å²) in [6, 6.07) is 5.07. The van der Waals surface area contributed by atoms with Gasteiger partial charge < -0.3 is 10.1 Å². The van der Waals surface area contributed by atoms with Crippen molar-refractivity contribution in [2.45, 2.75) is 51.7 Å². The second-order valence-corrected chi connectivity index (χ2v) is 5.88. The van der Waals surface area contributed by atoms with Gasteiger partial charge in [0.15, 0.2) is 11.9 Å². The second kappa shape index (κ2) is 6.94. The van der Waals surface area contributed by atoms with Gasteiger partial charge in [0.2, 0.25) is 0 Å². The first kappa shape index (κ1) is 15.8. The molecule has 0 aromatic heterocycles. The lowest BCUT2D eigenvalue weighted by Crippen LogP contribution is -2.41. The largest absolute Gasteiger partial charge is 0.480 e. The number of Topliss-reactive ketones (excluding diaryl/α,β-unsaturated/α-hetero) is 1. The number of benzene rings is 1. The number of ketones is 1. The van der Waals surface area contributed by atoms with Crippen molar-refractivity contribution in [2.24, 2.45) is 0 Å². The Morgan fingerprint density at radius 2 is 2.00 bits per heavy atom. The van der Waals surface area contributed by atoms with Crippen LogP contribution in [0.4, 0.5) is 0 Å². The molecule has 1 aromatic rings. The van der Waals surface area contributed by atoms with Crippen LogP contribution < -0.4 is 10.1 Å². The van der Waals surface area contributed by atoms with E-state index in [1.165, 1.54) is 6.92 Å². The Bertz CT molecular complexity index is 538. The molecule has 1 aliphatic carbocycles. The standard InChI is InChI=1S/C16H20ClNO3/c1-10(19)14-9-12(17)7-8-15(14)21-11(2)16(20)18-13-5-3-4-6-13/h7-9,11,13H,3-6H2,1-2H3,(H,18,20). The van der Waals surface area contributed by atoms with E-state index in [4.69, 9.17) is 16.3 Å². The summed E-state index contributed by atoms with van der Waals surface area (Å²) in [6.07, 6.45) is 3.72. The molecule has 0 heterocycles. The maximum absolute atomic E-state index is 12.1. The van der Waals surface area contributed by atoms with Crippen molar-refractivity contribution in [3.63, 3.8) is 0 Å². The van der Waals surface area contributed by atoms with Gasteiger partial charge in [-0.2, -0.15) is 0 Å². The van der Waals surface area contributed by atoms with Crippen molar-refractivity contribution in [3.8, 4) is 5.75 Å². The molecule has 0 saturated heterocycles. The average molecular weight is 310 g/mol. The van der Waals surface area contributed by atoms with Gasteiger partial charge in [-0.3, -0.25) is 9.59 Å². The van der Waals surface area contributed by atoms with Crippen molar-refractivity contribution < 1.29 is 14.3 Å². The van der Waals surface area contributed by atoms with Gasteiger partial charge in [-0.1, -0.05) is 24.4 Å². The number of rotatable bonds is 5. The average Bonchev–Trinajstić information content (AvgIpc) is 2.93. The van der Waals surface area contributed by atoms with Crippen LogP contribution in [0.3, 0.4) is 0 Å². The van der Waals surface area contributed by atoms with Gasteiger partial charge in [-0.05, 0) is 44.9 Å². The monoisotopic (exact) mass is 309 g/mol. The molecule has 0 aliphatic heterocycles. The summed E-state index contributed by atoms with van der Waals surface area (Å²) in [5.74, 6) is 0.100. The van der Waals surface area contributed by atoms with Crippen molar-refractivity contribution in [1.29, 1.82) is 0 Å². The highest BCUT2D eigenvalue weighted by atomic mass is 35.5. The predicted octanol–water partition coefficient (Wildman–Crippen LogP) is 3.37. The van der Waals surface area contributed by atoms with Crippen molar-refractivity contribution >= 4 is 23.3 Å². The molecule has 1 saturated carbocycles. The lowest BCUT2D eigenvalue weighted by molar-refractivity contribution is -0.127. The van der Waals surface area contributed by atoms with Crippen LogP contribution in [-0.2, 0) is 4.79 Å². The van der Waals surface area contributed by atoms with Gasteiger partial charge in [0.05, 0.1) is 5.56 Å². The molecule has 21 heavy (non-hydrogen) atoms. The summed E-state index contributed by atoms with van der Waals surface area (Å²) in [5.41, 5.74) is 0.392. The maximum Gasteiger partial charge on any atom is 0.260 e. The molecule has 1 unspecified atom stereocenters. The molecule has 1 aliphatic rings. The summed E-state index contributed by atoms with van der Waals surface area (Å²) in [7, 11) is 0. The quantitative estimate of drug-likeness (QED) is 0.848. The van der Waals surface area contributed by atoms with Gasteiger partial charge in [-0.15, -0.1) is 0 Å². The van der Waals surface area contributed by atoms with Gasteiger partial charge in [0, 0.05) is 11.1 Å². The van der Waals surface area contributed by atoms with Crippen LogP contribution >= 0.6 is 11.6 Å². The van der Waals surface area contributed by atoms with E-state index in [2.05, 4.69) is 5.32 Å². The zero-order chi connectivity index (χ0) is 15.4. The minimum atomic E-state index is -0.648. The first-order valence-corrected chi connectivity index (χ1v) is 7.62. The first-order chi connectivity index (χ1) is 9.97. The van der Waals surface area contributed by atoms with Crippen LogP contribution in [0, 0.1) is 0 Å². The molecule has 5 heteroatoms. The molecule has 0 spiro atoms. The van der Waals surface area contributed by atoms with Crippen molar-refractivity contribution in [3.05, 3.63) is 28.8 Å². The van der Waals surface area contributed by atoms with E-state index in [-0.39, 0.29) is 17.7 Å². The Morgan fingerprint density at radius 3 is 2.62 bits per heavy atom. The number of ether oxygens (including phenoxy) is 1. The van der Waals surface area contributed by atoms with Gasteiger partial charge in [-0.25, -0.2) is 0 Å². The molecule has 1 N–H and O–H groups in total. The first-order valence-electron chi connectivity index (χ1n) is 7.25. The lowest BCUT2D eigenvalue weighted by atomic mass is 10.1. The maximum atomic E-state index is 12.1. The number of nitrogens with one attached hydrogen (secondary N) is 1. The fourth-order valence-corrected chi connectivity index (χ4v) is 2.68. The highest BCUT2D eigenvalue weighted by Gasteiger charge is 2.22. The minimum Gasteiger partial charge on any atom is -0.480 e. The van der Waals surface area contributed by atoms with E-state index < -0.39 is 6.10 Å². The van der Waals surface area contributed by atoms with E-state index >= 15 is 0 Å². The lowest BCUT2D eigenvalue weighted by Gasteiger charge is -2.19. The number of amides is 1. The molecule has 114 valence electrons. The molecule has 1 fully saturated rings. The normalized spacial score (nSPS) is 16.5. The summed E-state index contributed by atoms with van der Waals surface area (Å²) >= 11 is 5.89. The molecule has 1 amide bonds. The van der Waals surface area contributed by atoms with Crippen LogP contribution in [0.1, 0.15) is 49.9 Å². The van der Waals surface area contributed by atoms with E-state index in [1.807, 2.05) is 0 Å². The zero-order valence-corrected chi connectivity index (χ0v) is 13.1. The molecule has 4 nitrogen and oxygen atoms in total. The van der Waals surface area contributed by atoms with Crippen molar-refractivity contribution in [2.75, 3.05) is 0 Å². The summed E-state index contributed by atoms with van der Waals surface area (Å²) in [5, 5.41) is 3.45. The molecule has 0 radical (unpaired) electrons. The van der Waals surface area contributed by atoms with Crippen LogP contribution in [0.15, 0.2) is 18.2 Å². The third kappa shape index (κ3) is 4.21. The number of hydrogen-bond donors (Lipinski definition) is 1. The van der Waals surface area contributed by atoms with Gasteiger partial charge >= 0.3 is 0 Å². The fraction of sp³-hybridized carbons (Fsp3) is 0.500. The molecule has 2 rings (SSSR count). The second-order valence-electron chi connectivity index (χ2n) is 5.45. The smallest absolute Gasteiger partial charge is 0.260 e. The zero-order valence-electron chi connectivity index (χ0n) is 12.3. The molecular weight excluding hydrogens is 290 g/mol. The third-order valence-corrected chi connectivity index (χ3v) is 3.93. The predicted molar refractivity (Wildman–Crippen MR) is 81.9 cm³/mol. The van der Waals surface area contributed by atoms with E-state index in [1.54, 1.807) is 25.1 Å². The SMILES string of the molecule is CC(=O)c1cc(Cl)ccc1OC(C)C(=O)NC1CCCC1. The number of carbonyl (C=O) groups is 2. The Hall–Kier alpha value is -1.55. The van der Waals surface area contributed by atoms with Crippen LogP contribution in [0.5, 0.6) is 5.75 Å². The topological polar surface area (TPSA) is 55.4 Å². The minimum absolute atomic E-state index is 0.143. The number of halogens is 1. The Kier molecular flexibility index (Phi) is 5.23.